The Morgan fingerprint density at radius 3 is 1.60 bits per heavy atom. The molecule has 14 nitrogen and oxygen atoms in total. The molecule has 0 radical (unpaired) electrons. The van der Waals surface area contributed by atoms with E-state index in [1.54, 1.807) is 30.3 Å². The van der Waals surface area contributed by atoms with Crippen LogP contribution in [0.15, 0.2) is 31.8 Å². The molecule has 238 valence electrons. The predicted octanol–water partition coefficient (Wildman–Crippen LogP) is 1.60. The van der Waals surface area contributed by atoms with Gasteiger partial charge in [-0.25, -0.2) is 19.6 Å². The number of hydrogen-bond donors (Lipinski definition) is 1. The highest BCUT2D eigenvalue weighted by molar-refractivity contribution is 6.40. The second-order valence-corrected chi connectivity index (χ2v) is 10.4. The summed E-state index contributed by atoms with van der Waals surface area (Å²) in [4.78, 5) is 68.5. The Morgan fingerprint density at radius 2 is 1.23 bits per heavy atom. The van der Waals surface area contributed by atoms with Crippen LogP contribution < -0.4 is 22.5 Å². The lowest BCUT2D eigenvalue weighted by Gasteiger charge is -2.09. The van der Waals surface area contributed by atoms with Crippen LogP contribution in [-0.2, 0) is 46.1 Å². The number of aryl methyl sites for hydroxylation is 4. The van der Waals surface area contributed by atoms with E-state index in [2.05, 4.69) is 9.97 Å². The summed E-state index contributed by atoms with van der Waals surface area (Å²) in [5, 5.41) is 9.55. The number of aliphatic hydroxyl groups excluding tert-OH is 1. The average Bonchev–Trinajstić information content (AvgIpc) is 3.57. The molecule has 1 unspecified atom stereocenters. The summed E-state index contributed by atoms with van der Waals surface area (Å²) in [7, 11) is 6.42. The number of carbonyl (C=O) groups excluding carboxylic acids is 1. The maximum Gasteiger partial charge on any atom is 0.332 e. The molecule has 0 fully saturated rings. The first-order valence-electron chi connectivity index (χ1n) is 15.3. The summed E-state index contributed by atoms with van der Waals surface area (Å²) < 4.78 is 38.3. The van der Waals surface area contributed by atoms with Crippen molar-refractivity contribution in [1.29, 1.82) is 0 Å². The molecule has 0 amide bonds. The number of Topliss-reactive ketones (excluding diaryl/α,β-unsaturated/α-hetero) is 1. The second kappa shape index (κ2) is 16.4. The number of aliphatic hydroxyl groups is 1. The van der Waals surface area contributed by atoms with Crippen molar-refractivity contribution in [2.24, 2.45) is 28.2 Å². The molecule has 0 bridgehead atoms. The standard InChI is InChI=1S/C13H20N4O3.C13H18N4O3.CH2Cl2/c2*1-9(18)6-4-5-7-17-12(19)10-11(14-8-15(10)2)16(3)13(17)20;2-1-3/h8-9,18H,4-7H2,1-3H3;8H,4-7H2,1-3H3;1H2/i2*6D2;. The Kier molecular flexibility index (Phi) is 11.3. The molecular weight excluding hydrogens is 603 g/mol. The molecule has 0 saturated carbocycles. The fraction of sp³-hybridized carbons (Fsp3) is 0.593. The Hall–Kier alpha value is -3.49. The number of aromatic nitrogens is 8. The molecule has 0 saturated heterocycles. The fourth-order valence-corrected chi connectivity index (χ4v) is 4.24. The average molecular weight is 648 g/mol. The van der Waals surface area contributed by atoms with E-state index in [1.807, 2.05) is 0 Å². The van der Waals surface area contributed by atoms with Crippen molar-refractivity contribution in [3.8, 4) is 0 Å². The minimum Gasteiger partial charge on any atom is -0.393 e. The number of alkyl halides is 2. The predicted molar refractivity (Wildman–Crippen MR) is 167 cm³/mol. The SMILES string of the molecule is ClCCl.[2H]C([2H])(CCCn1c(=O)c2c(ncn2C)n(C)c1=O)C(C)=O.[2H]C([2H])(CCCn1c(=O)c2c(ncn2C)n(C)c1=O)C(C)O. The van der Waals surface area contributed by atoms with Gasteiger partial charge >= 0.3 is 11.4 Å². The number of rotatable bonds is 10. The van der Waals surface area contributed by atoms with E-state index >= 15 is 0 Å². The Labute approximate surface area is 263 Å². The first kappa shape index (κ1) is 29.6. The van der Waals surface area contributed by atoms with Crippen molar-refractivity contribution in [2.45, 2.75) is 71.5 Å². The van der Waals surface area contributed by atoms with Crippen LogP contribution in [0.3, 0.4) is 0 Å². The quantitative estimate of drug-likeness (QED) is 0.254. The number of carbonyl (C=O) groups is 1. The molecule has 1 N–H and O–H groups in total. The minimum atomic E-state index is -1.94. The maximum absolute atomic E-state index is 12.4. The number of fused-ring (bicyclic) bond motifs is 2. The van der Waals surface area contributed by atoms with Gasteiger partial charge in [-0.15, -0.1) is 23.2 Å². The molecule has 4 heterocycles. The molecule has 43 heavy (non-hydrogen) atoms. The largest absolute Gasteiger partial charge is 0.393 e. The highest BCUT2D eigenvalue weighted by Crippen LogP contribution is 2.06. The van der Waals surface area contributed by atoms with Gasteiger partial charge in [0.1, 0.15) is 5.78 Å². The van der Waals surface area contributed by atoms with Gasteiger partial charge in [0, 0.05) is 53.1 Å². The first-order chi connectivity index (χ1) is 21.7. The van der Waals surface area contributed by atoms with Crippen LogP contribution in [0.1, 0.15) is 57.8 Å². The van der Waals surface area contributed by atoms with Crippen LogP contribution in [-0.4, -0.2) is 59.7 Å². The third kappa shape index (κ3) is 8.77. The highest BCUT2D eigenvalue weighted by atomic mass is 35.5. The smallest absolute Gasteiger partial charge is 0.332 e. The van der Waals surface area contributed by atoms with E-state index in [9.17, 15) is 29.1 Å². The van der Waals surface area contributed by atoms with Gasteiger partial charge in [-0.1, -0.05) is 0 Å². The zero-order chi connectivity index (χ0) is 36.0. The van der Waals surface area contributed by atoms with E-state index in [0.29, 0.717) is 22.3 Å². The van der Waals surface area contributed by atoms with Gasteiger partial charge in [0.25, 0.3) is 11.1 Å². The summed E-state index contributed by atoms with van der Waals surface area (Å²) in [5.74, 6) is -0.560. The Morgan fingerprint density at radius 1 is 0.837 bits per heavy atom. The number of nitrogens with zero attached hydrogens (tertiary/aromatic N) is 8. The summed E-state index contributed by atoms with van der Waals surface area (Å²) >= 11 is 9.53. The third-order valence-electron chi connectivity index (χ3n) is 6.33. The Bertz CT molecular complexity index is 1960. The third-order valence-corrected chi connectivity index (χ3v) is 6.33. The zero-order valence-electron chi connectivity index (χ0n) is 29.0. The summed E-state index contributed by atoms with van der Waals surface area (Å²) in [6.45, 7) is 2.72. The zero-order valence-corrected chi connectivity index (χ0v) is 26.5. The molecular formula is C27H40Cl2N8O6. The van der Waals surface area contributed by atoms with Crippen LogP contribution in [0, 0.1) is 0 Å². The van der Waals surface area contributed by atoms with E-state index in [0.717, 1.165) is 9.13 Å². The molecule has 4 aromatic rings. The number of hydrogen-bond acceptors (Lipinski definition) is 8. The molecule has 0 aliphatic carbocycles. The van der Waals surface area contributed by atoms with Gasteiger partial charge < -0.3 is 19.0 Å². The van der Waals surface area contributed by atoms with E-state index in [1.165, 1.54) is 42.7 Å². The van der Waals surface area contributed by atoms with E-state index in [4.69, 9.17) is 28.7 Å². The summed E-state index contributed by atoms with van der Waals surface area (Å²) in [6, 6.07) is 0. The molecule has 4 rings (SSSR count). The van der Waals surface area contributed by atoms with Gasteiger partial charge in [0.15, 0.2) is 22.3 Å². The summed E-state index contributed by atoms with van der Waals surface area (Å²) in [6.07, 6.45) is -1.35. The van der Waals surface area contributed by atoms with Crippen LogP contribution in [0.4, 0.5) is 0 Å². The number of ketones is 1. The maximum atomic E-state index is 12.4. The van der Waals surface area contributed by atoms with Crippen molar-refractivity contribution < 1.29 is 15.4 Å². The van der Waals surface area contributed by atoms with Crippen molar-refractivity contribution in [3.63, 3.8) is 0 Å². The van der Waals surface area contributed by atoms with Crippen molar-refractivity contribution in [1.82, 2.24) is 37.4 Å². The van der Waals surface area contributed by atoms with Crippen molar-refractivity contribution >= 4 is 51.3 Å². The van der Waals surface area contributed by atoms with Crippen molar-refractivity contribution in [3.05, 3.63) is 54.3 Å². The molecule has 0 aliphatic rings. The van der Waals surface area contributed by atoms with Crippen LogP contribution in [0.2, 0.25) is 0 Å². The van der Waals surface area contributed by atoms with Crippen molar-refractivity contribution in [2.75, 3.05) is 5.34 Å². The summed E-state index contributed by atoms with van der Waals surface area (Å²) in [5.41, 5.74) is -0.580. The lowest BCUT2D eigenvalue weighted by molar-refractivity contribution is -0.117. The molecule has 0 aromatic carbocycles. The number of imidazole rings is 2. The molecule has 4 aromatic heterocycles. The lowest BCUT2D eigenvalue weighted by Crippen LogP contribution is -2.39. The molecule has 16 heteroatoms. The monoisotopic (exact) mass is 646 g/mol. The van der Waals surface area contributed by atoms with Gasteiger partial charge in [0.2, 0.25) is 0 Å². The van der Waals surface area contributed by atoms with Crippen LogP contribution in [0.5, 0.6) is 0 Å². The minimum absolute atomic E-state index is 0.0403. The molecule has 0 spiro atoms. The molecule has 0 aliphatic heterocycles. The fourth-order valence-electron chi connectivity index (χ4n) is 4.24. The normalized spacial score (nSPS) is 13.7. The highest BCUT2D eigenvalue weighted by Gasteiger charge is 2.15. The van der Waals surface area contributed by atoms with E-state index in [-0.39, 0.29) is 44.1 Å². The number of halogens is 2. The van der Waals surface area contributed by atoms with E-state index < -0.39 is 47.1 Å². The van der Waals surface area contributed by atoms with Crippen LogP contribution >= 0.6 is 23.2 Å². The second-order valence-electron chi connectivity index (χ2n) is 9.57. The first-order valence-corrected chi connectivity index (χ1v) is 14.3. The van der Waals surface area contributed by atoms with Gasteiger partial charge in [-0.2, -0.15) is 0 Å². The lowest BCUT2D eigenvalue weighted by atomic mass is 10.2. The topological polar surface area (TPSA) is 161 Å². The Balaban J connectivity index is 0.000000302. The van der Waals surface area contributed by atoms with Gasteiger partial charge in [-0.05, 0) is 45.9 Å². The van der Waals surface area contributed by atoms with Gasteiger partial charge in [0.05, 0.1) is 24.1 Å². The van der Waals surface area contributed by atoms with Crippen LogP contribution in [0.25, 0.3) is 22.3 Å². The molecule has 1 atom stereocenters. The van der Waals surface area contributed by atoms with Gasteiger partial charge in [-0.3, -0.25) is 27.9 Å².